The Balaban J connectivity index is 0.000000188. The first-order valence-electron chi connectivity index (χ1n) is 9.97. The number of nitrogens with one attached hydrogen (secondary N) is 1. The quantitative estimate of drug-likeness (QED) is 0.671. The number of ether oxygens (including phenoxy) is 1. The molecule has 1 heterocycles. The number of hydrogen-bond donors (Lipinski definition) is 3. The third-order valence-corrected chi connectivity index (χ3v) is 5.47. The molecule has 2 fully saturated rings. The Hall–Kier alpha value is -2.70. The van der Waals surface area contributed by atoms with Crippen molar-refractivity contribution in [2.45, 2.75) is 50.5 Å². The highest BCUT2D eigenvalue weighted by atomic mass is 16.5. The summed E-state index contributed by atoms with van der Waals surface area (Å²) in [5.74, 6) is -0.622. The second kappa shape index (κ2) is 10.2. The topological polar surface area (TPSA) is 95.9 Å². The van der Waals surface area contributed by atoms with Gasteiger partial charge >= 0.3 is 11.9 Å². The summed E-state index contributed by atoms with van der Waals surface area (Å²) in [6, 6.07) is 18.6. The fourth-order valence-corrected chi connectivity index (χ4v) is 3.94. The number of carbonyl (C=O) groups excluding carboxylic acids is 1. The zero-order valence-electron chi connectivity index (χ0n) is 16.2. The average molecular weight is 397 g/mol. The Kier molecular flexibility index (Phi) is 7.38. The molecule has 6 heteroatoms. The zero-order valence-corrected chi connectivity index (χ0v) is 16.2. The van der Waals surface area contributed by atoms with E-state index >= 15 is 0 Å². The summed E-state index contributed by atoms with van der Waals surface area (Å²) in [6.07, 6.45) is 3.33. The second-order valence-corrected chi connectivity index (χ2v) is 7.50. The van der Waals surface area contributed by atoms with Gasteiger partial charge in [0.15, 0.2) is 6.10 Å². The molecule has 0 amide bonds. The molecule has 1 saturated carbocycles. The number of hydrogen-bond acceptors (Lipinski definition) is 5. The van der Waals surface area contributed by atoms with Crippen LogP contribution in [0.2, 0.25) is 0 Å². The summed E-state index contributed by atoms with van der Waals surface area (Å²) >= 11 is 0. The van der Waals surface area contributed by atoms with E-state index in [-0.39, 0.29) is 12.0 Å². The second-order valence-electron chi connectivity index (χ2n) is 7.50. The maximum atomic E-state index is 12.0. The van der Waals surface area contributed by atoms with Crippen LogP contribution in [0.3, 0.4) is 0 Å². The molecule has 2 aromatic rings. The van der Waals surface area contributed by atoms with Gasteiger partial charge in [-0.2, -0.15) is 0 Å². The lowest BCUT2D eigenvalue weighted by molar-refractivity contribution is -0.147. The molecular weight excluding hydrogens is 370 g/mol. The van der Waals surface area contributed by atoms with Crippen LogP contribution < -0.4 is 5.32 Å². The predicted molar refractivity (Wildman–Crippen MR) is 108 cm³/mol. The number of aliphatic hydroxyl groups excluding tert-OH is 1. The Morgan fingerprint density at radius 1 is 1.03 bits per heavy atom. The van der Waals surface area contributed by atoms with Crippen LogP contribution in [-0.4, -0.2) is 34.2 Å². The van der Waals surface area contributed by atoms with Crippen molar-refractivity contribution in [3.05, 3.63) is 71.8 Å². The number of fused-ring (bicyclic) bond motifs is 1. The highest BCUT2D eigenvalue weighted by Gasteiger charge is 2.40. The van der Waals surface area contributed by atoms with Gasteiger partial charge in [-0.05, 0) is 36.3 Å². The number of aliphatic carboxylic acids is 1. The molecule has 0 aromatic heterocycles. The standard InChI is InChI=1S/C15H19NO2.C8H8O3/c17-15(18-10-11-5-2-1-3-6-11)14-9-12-7-4-8-13(12)16-14;9-7(8(10)11)6-4-2-1-3-5-6/h1-3,5-6,12-14,16H,4,7-10H2;1-5,7,9H,(H,10,11)/t12-,13-,14-;7-/m00/s1. The third kappa shape index (κ3) is 5.89. The molecule has 0 bridgehead atoms. The summed E-state index contributed by atoms with van der Waals surface area (Å²) in [7, 11) is 0. The lowest BCUT2D eigenvalue weighted by Crippen LogP contribution is -2.36. The van der Waals surface area contributed by atoms with Crippen LogP contribution in [0.1, 0.15) is 42.9 Å². The molecule has 29 heavy (non-hydrogen) atoms. The van der Waals surface area contributed by atoms with Crippen molar-refractivity contribution in [3.63, 3.8) is 0 Å². The molecule has 3 N–H and O–H groups in total. The first kappa shape index (κ1) is 21.0. The molecule has 4 rings (SSSR count). The van der Waals surface area contributed by atoms with Crippen molar-refractivity contribution in [1.29, 1.82) is 0 Å². The summed E-state index contributed by atoms with van der Waals surface area (Å²) in [4.78, 5) is 22.2. The highest BCUT2D eigenvalue weighted by Crippen LogP contribution is 2.34. The van der Waals surface area contributed by atoms with Crippen molar-refractivity contribution in [2.75, 3.05) is 0 Å². The highest BCUT2D eigenvalue weighted by molar-refractivity contribution is 5.76. The summed E-state index contributed by atoms with van der Waals surface area (Å²) in [5, 5.41) is 20.8. The van der Waals surface area contributed by atoms with Crippen LogP contribution in [0.4, 0.5) is 0 Å². The minimum Gasteiger partial charge on any atom is -0.479 e. The van der Waals surface area contributed by atoms with Gasteiger partial charge in [-0.25, -0.2) is 4.79 Å². The van der Waals surface area contributed by atoms with Crippen molar-refractivity contribution >= 4 is 11.9 Å². The van der Waals surface area contributed by atoms with Gasteiger partial charge in [0.05, 0.1) is 0 Å². The number of esters is 1. The average Bonchev–Trinajstić information content (AvgIpc) is 3.36. The van der Waals surface area contributed by atoms with E-state index in [1.165, 1.54) is 19.3 Å². The van der Waals surface area contributed by atoms with Crippen LogP contribution in [0.5, 0.6) is 0 Å². The van der Waals surface area contributed by atoms with Crippen LogP contribution in [0.15, 0.2) is 60.7 Å². The molecule has 154 valence electrons. The Labute approximate surface area is 170 Å². The number of carboxylic acid groups (broad SMARTS) is 1. The Morgan fingerprint density at radius 2 is 1.69 bits per heavy atom. The van der Waals surface area contributed by atoms with Gasteiger partial charge in [0.25, 0.3) is 0 Å². The third-order valence-electron chi connectivity index (χ3n) is 5.47. The number of carbonyl (C=O) groups is 2. The predicted octanol–water partition coefficient (Wildman–Crippen LogP) is 3.07. The van der Waals surface area contributed by atoms with Gasteiger partial charge in [0.1, 0.15) is 12.6 Å². The first-order chi connectivity index (χ1) is 14.0. The Bertz CT molecular complexity index is 783. The van der Waals surface area contributed by atoms with E-state index in [0.29, 0.717) is 24.1 Å². The minimum absolute atomic E-state index is 0.0796. The van der Waals surface area contributed by atoms with Gasteiger partial charge in [-0.3, -0.25) is 4.79 Å². The molecule has 0 spiro atoms. The van der Waals surface area contributed by atoms with Crippen LogP contribution in [0.25, 0.3) is 0 Å². The monoisotopic (exact) mass is 397 g/mol. The summed E-state index contributed by atoms with van der Waals surface area (Å²) < 4.78 is 5.38. The molecule has 0 radical (unpaired) electrons. The fourth-order valence-electron chi connectivity index (χ4n) is 3.94. The summed E-state index contributed by atoms with van der Waals surface area (Å²) in [6.45, 7) is 0.382. The van der Waals surface area contributed by atoms with Gasteiger partial charge in [0.2, 0.25) is 0 Å². The molecule has 4 atom stereocenters. The van der Waals surface area contributed by atoms with E-state index in [1.807, 2.05) is 30.3 Å². The number of carboxylic acids is 1. The molecule has 1 aliphatic heterocycles. The molecule has 2 aliphatic rings. The van der Waals surface area contributed by atoms with Crippen molar-refractivity contribution in [1.82, 2.24) is 5.32 Å². The zero-order chi connectivity index (χ0) is 20.6. The van der Waals surface area contributed by atoms with Crippen molar-refractivity contribution in [2.24, 2.45) is 5.92 Å². The first-order valence-corrected chi connectivity index (χ1v) is 9.97. The van der Waals surface area contributed by atoms with E-state index in [1.54, 1.807) is 30.3 Å². The van der Waals surface area contributed by atoms with Crippen molar-refractivity contribution < 1.29 is 24.5 Å². The Morgan fingerprint density at radius 3 is 2.31 bits per heavy atom. The van der Waals surface area contributed by atoms with E-state index in [2.05, 4.69) is 5.32 Å². The van der Waals surface area contributed by atoms with E-state index in [0.717, 1.165) is 12.0 Å². The maximum absolute atomic E-state index is 12.0. The van der Waals surface area contributed by atoms with Gasteiger partial charge in [-0.15, -0.1) is 0 Å². The SMILES string of the molecule is O=C(O)[C@@H](O)c1ccccc1.O=C(OCc1ccccc1)[C@@H]1C[C@@H]2CCC[C@@H]2N1. The van der Waals surface area contributed by atoms with Gasteiger partial charge < -0.3 is 20.3 Å². The van der Waals surface area contributed by atoms with E-state index in [9.17, 15) is 9.59 Å². The van der Waals surface area contributed by atoms with Crippen LogP contribution in [-0.2, 0) is 20.9 Å². The maximum Gasteiger partial charge on any atom is 0.337 e. The lowest BCUT2D eigenvalue weighted by atomic mass is 10.0. The van der Waals surface area contributed by atoms with Crippen molar-refractivity contribution in [3.8, 4) is 0 Å². The van der Waals surface area contributed by atoms with Gasteiger partial charge in [-0.1, -0.05) is 67.1 Å². The van der Waals surface area contributed by atoms with E-state index < -0.39 is 12.1 Å². The minimum atomic E-state index is -1.41. The molecule has 2 aromatic carbocycles. The lowest BCUT2D eigenvalue weighted by Gasteiger charge is -2.12. The smallest absolute Gasteiger partial charge is 0.337 e. The molecule has 1 aliphatic carbocycles. The fraction of sp³-hybridized carbons (Fsp3) is 0.391. The van der Waals surface area contributed by atoms with Gasteiger partial charge in [0, 0.05) is 6.04 Å². The van der Waals surface area contributed by atoms with E-state index in [4.69, 9.17) is 14.9 Å². The normalized spacial score (nSPS) is 23.4. The number of rotatable bonds is 5. The van der Waals surface area contributed by atoms with Crippen LogP contribution >= 0.6 is 0 Å². The number of aliphatic hydroxyl groups is 1. The largest absolute Gasteiger partial charge is 0.479 e. The molecule has 1 saturated heterocycles. The summed E-state index contributed by atoms with van der Waals surface area (Å²) in [5.41, 5.74) is 1.45. The molecular formula is C23H27NO5. The number of benzene rings is 2. The molecule has 6 nitrogen and oxygen atoms in total. The van der Waals surface area contributed by atoms with Crippen LogP contribution in [0, 0.1) is 5.92 Å². The molecule has 0 unspecified atom stereocenters.